The first kappa shape index (κ1) is 9.89. The third-order valence-electron chi connectivity index (χ3n) is 2.01. The van der Waals surface area contributed by atoms with Gasteiger partial charge in [-0.05, 0) is 13.8 Å². The molecule has 1 fully saturated rings. The molecule has 4 heteroatoms. The van der Waals surface area contributed by atoms with Gasteiger partial charge in [0.25, 0.3) is 0 Å². The summed E-state index contributed by atoms with van der Waals surface area (Å²) in [4.78, 5) is 10.6. The van der Waals surface area contributed by atoms with Crippen LogP contribution in [0.25, 0.3) is 0 Å². The van der Waals surface area contributed by atoms with Gasteiger partial charge in [-0.2, -0.15) is 0 Å². The van der Waals surface area contributed by atoms with Crippen LogP contribution in [-0.4, -0.2) is 26.0 Å². The molecule has 1 heterocycles. The third-order valence-corrected chi connectivity index (χ3v) is 2.01. The van der Waals surface area contributed by atoms with Gasteiger partial charge in [0.2, 0.25) is 0 Å². The van der Waals surface area contributed by atoms with Crippen molar-refractivity contribution in [2.45, 2.75) is 13.8 Å². The summed E-state index contributed by atoms with van der Waals surface area (Å²) in [5.74, 6) is 0.600. The summed E-state index contributed by atoms with van der Waals surface area (Å²) in [6, 6.07) is 0. The number of carbonyl (C=O) groups excluding carboxylic acids is 1. The van der Waals surface area contributed by atoms with Crippen molar-refractivity contribution in [3.05, 3.63) is 12.3 Å². The molecule has 4 nitrogen and oxygen atoms in total. The fraction of sp³-hybridized carbons (Fsp3) is 0.667. The van der Waals surface area contributed by atoms with E-state index in [2.05, 4.69) is 6.58 Å². The lowest BCUT2D eigenvalue weighted by Gasteiger charge is -2.33. The molecule has 0 N–H and O–H groups in total. The molecule has 0 aromatic carbocycles. The third kappa shape index (κ3) is 2.14. The molecule has 0 amide bonds. The Morgan fingerprint density at radius 2 is 2.15 bits per heavy atom. The predicted molar refractivity (Wildman–Crippen MR) is 46.2 cm³/mol. The van der Waals surface area contributed by atoms with E-state index in [1.807, 2.05) is 13.8 Å². The molecule has 1 aliphatic heterocycles. The second kappa shape index (κ2) is 3.68. The highest BCUT2D eigenvalue weighted by Crippen LogP contribution is 2.30. The Balaban J connectivity index is 2.56. The Hall–Kier alpha value is -1.19. The van der Waals surface area contributed by atoms with Gasteiger partial charge in [0.1, 0.15) is 19.0 Å². The minimum atomic E-state index is -0.623. The number of hydrogen-bond acceptors (Lipinski definition) is 4. The molecule has 0 radical (unpaired) electrons. The van der Waals surface area contributed by atoms with Crippen molar-refractivity contribution in [2.75, 3.05) is 19.8 Å². The Bertz CT molecular complexity index is 212. The number of cyclic esters (lactones) is 2. The molecule has 0 bridgehead atoms. The number of hydrogen-bond donors (Lipinski definition) is 0. The molecule has 1 saturated heterocycles. The predicted octanol–water partition coefficient (Wildman–Crippen LogP) is 1.71. The maximum atomic E-state index is 10.6. The van der Waals surface area contributed by atoms with Crippen LogP contribution in [0, 0.1) is 5.41 Å². The molecule has 74 valence electrons. The van der Waals surface area contributed by atoms with Crippen molar-refractivity contribution < 1.29 is 19.0 Å². The van der Waals surface area contributed by atoms with Gasteiger partial charge >= 0.3 is 6.16 Å². The molecule has 0 aromatic rings. The van der Waals surface area contributed by atoms with Gasteiger partial charge in [-0.1, -0.05) is 6.58 Å². The Labute approximate surface area is 77.5 Å². The number of rotatable bonds is 3. The van der Waals surface area contributed by atoms with Crippen LogP contribution in [0.4, 0.5) is 4.79 Å². The second-order valence-electron chi connectivity index (χ2n) is 3.24. The Kier molecular flexibility index (Phi) is 2.80. The van der Waals surface area contributed by atoms with Gasteiger partial charge in [0, 0.05) is 0 Å². The molecule has 0 atom stereocenters. The van der Waals surface area contributed by atoms with E-state index in [0.29, 0.717) is 12.4 Å². The summed E-state index contributed by atoms with van der Waals surface area (Å²) in [7, 11) is 0. The molecule has 0 saturated carbocycles. The minimum Gasteiger partial charge on any atom is -0.498 e. The van der Waals surface area contributed by atoms with Crippen LogP contribution in [0.5, 0.6) is 0 Å². The summed E-state index contributed by atoms with van der Waals surface area (Å²) < 4.78 is 14.8. The number of carbonyl (C=O) groups is 1. The van der Waals surface area contributed by atoms with Crippen molar-refractivity contribution in [3.63, 3.8) is 0 Å². The van der Waals surface area contributed by atoms with Crippen LogP contribution < -0.4 is 0 Å². The van der Waals surface area contributed by atoms with E-state index >= 15 is 0 Å². The average Bonchev–Trinajstić information content (AvgIpc) is 2.11. The number of ether oxygens (including phenoxy) is 3. The molecule has 1 rings (SSSR count). The van der Waals surface area contributed by atoms with E-state index in [1.165, 1.54) is 0 Å². The lowest BCUT2D eigenvalue weighted by Crippen LogP contribution is -2.38. The maximum Gasteiger partial charge on any atom is 0.508 e. The smallest absolute Gasteiger partial charge is 0.498 e. The normalized spacial score (nSPS) is 20.0. The van der Waals surface area contributed by atoms with E-state index in [1.54, 1.807) is 0 Å². The molecule has 0 aliphatic carbocycles. The zero-order valence-electron chi connectivity index (χ0n) is 7.96. The van der Waals surface area contributed by atoms with Gasteiger partial charge < -0.3 is 14.2 Å². The van der Waals surface area contributed by atoms with E-state index < -0.39 is 11.6 Å². The first-order chi connectivity index (χ1) is 6.08. The fourth-order valence-electron chi connectivity index (χ4n) is 1.03. The Morgan fingerprint density at radius 3 is 2.62 bits per heavy atom. The van der Waals surface area contributed by atoms with Gasteiger partial charge in [0.15, 0.2) is 0 Å². The van der Waals surface area contributed by atoms with Crippen LogP contribution in [0.3, 0.4) is 0 Å². The molecule has 0 spiro atoms. The highest BCUT2D eigenvalue weighted by molar-refractivity contribution is 5.60. The van der Waals surface area contributed by atoms with Gasteiger partial charge in [0.05, 0.1) is 12.0 Å². The van der Waals surface area contributed by atoms with Crippen molar-refractivity contribution in [1.29, 1.82) is 0 Å². The lowest BCUT2D eigenvalue weighted by atomic mass is 9.90. The van der Waals surface area contributed by atoms with Crippen LogP contribution in [-0.2, 0) is 14.2 Å². The van der Waals surface area contributed by atoms with Gasteiger partial charge in [-0.15, -0.1) is 0 Å². The fourth-order valence-corrected chi connectivity index (χ4v) is 1.03. The summed E-state index contributed by atoms with van der Waals surface area (Å²) in [6.45, 7) is 8.63. The van der Waals surface area contributed by atoms with Crippen molar-refractivity contribution in [2.24, 2.45) is 5.41 Å². The summed E-state index contributed by atoms with van der Waals surface area (Å²) in [5.41, 5.74) is -0.413. The largest absolute Gasteiger partial charge is 0.508 e. The molecule has 0 unspecified atom stereocenters. The minimum absolute atomic E-state index is 0.269. The second-order valence-corrected chi connectivity index (χ2v) is 3.24. The van der Waals surface area contributed by atoms with E-state index in [4.69, 9.17) is 14.2 Å². The zero-order valence-corrected chi connectivity index (χ0v) is 7.96. The van der Waals surface area contributed by atoms with Gasteiger partial charge in [-0.25, -0.2) is 4.79 Å². The lowest BCUT2D eigenvalue weighted by molar-refractivity contribution is -0.0564. The van der Waals surface area contributed by atoms with Crippen molar-refractivity contribution >= 4 is 6.16 Å². The topological polar surface area (TPSA) is 44.8 Å². The van der Waals surface area contributed by atoms with Crippen molar-refractivity contribution in [3.8, 4) is 0 Å². The quantitative estimate of drug-likeness (QED) is 0.497. The van der Waals surface area contributed by atoms with Crippen molar-refractivity contribution in [1.82, 2.24) is 0 Å². The maximum absolute atomic E-state index is 10.6. The van der Waals surface area contributed by atoms with Gasteiger partial charge in [-0.3, -0.25) is 0 Å². The molecule has 0 aromatic heterocycles. The van der Waals surface area contributed by atoms with Crippen LogP contribution in [0.15, 0.2) is 12.3 Å². The molecular weight excluding hydrogens is 172 g/mol. The summed E-state index contributed by atoms with van der Waals surface area (Å²) in [6.07, 6.45) is -0.623. The first-order valence-corrected chi connectivity index (χ1v) is 4.20. The highest BCUT2D eigenvalue weighted by Gasteiger charge is 2.37. The zero-order chi connectivity index (χ0) is 9.90. The Morgan fingerprint density at radius 1 is 1.62 bits per heavy atom. The summed E-state index contributed by atoms with van der Waals surface area (Å²) in [5, 5.41) is 0. The standard InChI is InChI=1S/C9H14O4/c1-4-11-7(2)9(3)5-12-8(10)13-6-9/h2,4-6H2,1,3H3. The van der Waals surface area contributed by atoms with Crippen LogP contribution in [0.2, 0.25) is 0 Å². The molecule has 13 heavy (non-hydrogen) atoms. The van der Waals surface area contributed by atoms with E-state index in [-0.39, 0.29) is 13.2 Å². The van der Waals surface area contributed by atoms with E-state index in [9.17, 15) is 4.79 Å². The first-order valence-electron chi connectivity index (χ1n) is 4.20. The SMILES string of the molecule is C=C(OCC)C1(C)COC(=O)OC1. The summed E-state index contributed by atoms with van der Waals surface area (Å²) >= 11 is 0. The van der Waals surface area contributed by atoms with Crippen LogP contribution >= 0.6 is 0 Å². The average molecular weight is 186 g/mol. The monoisotopic (exact) mass is 186 g/mol. The molecular formula is C9H14O4. The highest BCUT2D eigenvalue weighted by atomic mass is 16.7. The molecule has 1 aliphatic rings. The van der Waals surface area contributed by atoms with Crippen LogP contribution in [0.1, 0.15) is 13.8 Å². The van der Waals surface area contributed by atoms with E-state index in [0.717, 1.165) is 0 Å².